The van der Waals surface area contributed by atoms with Crippen LogP contribution in [0.15, 0.2) is 48.5 Å². The topological polar surface area (TPSA) is 93.5 Å². The van der Waals surface area contributed by atoms with Crippen LogP contribution in [-0.2, 0) is 6.54 Å². The lowest BCUT2D eigenvalue weighted by Crippen LogP contribution is -2.43. The highest BCUT2D eigenvalue weighted by molar-refractivity contribution is 5.74. The van der Waals surface area contributed by atoms with E-state index in [1.54, 1.807) is 18.2 Å². The summed E-state index contributed by atoms with van der Waals surface area (Å²) in [7, 11) is 0. The van der Waals surface area contributed by atoms with Gasteiger partial charge in [-0.2, -0.15) is 0 Å². The van der Waals surface area contributed by atoms with Crippen LogP contribution >= 0.6 is 0 Å². The van der Waals surface area contributed by atoms with Crippen molar-refractivity contribution < 1.29 is 14.5 Å². The molecule has 0 saturated carbocycles. The Labute approximate surface area is 145 Å². The van der Waals surface area contributed by atoms with Gasteiger partial charge in [0.25, 0.3) is 5.69 Å². The molecule has 0 bridgehead atoms. The fraction of sp³-hybridized carbons (Fsp3) is 0.278. The van der Waals surface area contributed by atoms with Crippen LogP contribution in [0.25, 0.3) is 0 Å². The van der Waals surface area contributed by atoms with E-state index in [4.69, 9.17) is 4.74 Å². The molecule has 1 aliphatic rings. The van der Waals surface area contributed by atoms with Gasteiger partial charge in [-0.15, -0.1) is 0 Å². The molecule has 7 nitrogen and oxygen atoms in total. The normalized spacial score (nSPS) is 16.4. The van der Waals surface area contributed by atoms with Gasteiger partial charge in [0, 0.05) is 29.2 Å². The van der Waals surface area contributed by atoms with E-state index in [1.165, 1.54) is 6.07 Å². The lowest BCUT2D eigenvalue weighted by molar-refractivity contribution is -0.385. The van der Waals surface area contributed by atoms with Gasteiger partial charge in [0.05, 0.1) is 18.1 Å². The summed E-state index contributed by atoms with van der Waals surface area (Å²) in [6.07, 6.45) is 0. The predicted octanol–water partition coefficient (Wildman–Crippen LogP) is 2.96. The van der Waals surface area contributed by atoms with E-state index in [0.29, 0.717) is 12.2 Å². The molecule has 2 atom stereocenters. The van der Waals surface area contributed by atoms with Gasteiger partial charge in [-0.1, -0.05) is 36.4 Å². The SMILES string of the molecule is C[C@@H](NC(=O)NCc1ccccc1[N+](=O)[O-])[C@@H]1COc2ccccc21. The first-order chi connectivity index (χ1) is 12.1. The minimum atomic E-state index is -0.454. The first kappa shape index (κ1) is 16.8. The van der Waals surface area contributed by atoms with Crippen LogP contribution in [0.1, 0.15) is 24.0 Å². The number of hydrogen-bond donors (Lipinski definition) is 2. The summed E-state index contributed by atoms with van der Waals surface area (Å²) in [5.74, 6) is 0.925. The van der Waals surface area contributed by atoms with E-state index in [0.717, 1.165) is 11.3 Å². The molecule has 0 saturated heterocycles. The monoisotopic (exact) mass is 341 g/mol. The number of rotatable bonds is 5. The van der Waals surface area contributed by atoms with Crippen LogP contribution in [0, 0.1) is 10.1 Å². The van der Waals surface area contributed by atoms with Crippen LogP contribution in [0.2, 0.25) is 0 Å². The highest BCUT2D eigenvalue weighted by Crippen LogP contribution is 2.35. The molecule has 0 aromatic heterocycles. The van der Waals surface area contributed by atoms with Gasteiger partial charge in [-0.3, -0.25) is 10.1 Å². The van der Waals surface area contributed by atoms with Crippen molar-refractivity contribution in [1.29, 1.82) is 0 Å². The molecule has 0 spiro atoms. The number of carbonyl (C=O) groups is 1. The molecule has 2 aromatic carbocycles. The van der Waals surface area contributed by atoms with E-state index in [-0.39, 0.29) is 30.2 Å². The average molecular weight is 341 g/mol. The van der Waals surface area contributed by atoms with Crippen molar-refractivity contribution in [2.45, 2.75) is 25.4 Å². The summed E-state index contributed by atoms with van der Waals surface area (Å²) in [6, 6.07) is 13.6. The number of benzene rings is 2. The van der Waals surface area contributed by atoms with Crippen molar-refractivity contribution in [3.63, 3.8) is 0 Å². The second kappa shape index (κ2) is 7.21. The van der Waals surface area contributed by atoms with E-state index >= 15 is 0 Å². The third kappa shape index (κ3) is 3.71. The molecule has 7 heteroatoms. The zero-order valence-corrected chi connectivity index (χ0v) is 13.8. The molecule has 0 fully saturated rings. The van der Waals surface area contributed by atoms with Gasteiger partial charge >= 0.3 is 6.03 Å². The zero-order chi connectivity index (χ0) is 17.8. The van der Waals surface area contributed by atoms with E-state index < -0.39 is 4.92 Å². The first-order valence-electron chi connectivity index (χ1n) is 8.04. The van der Waals surface area contributed by atoms with Gasteiger partial charge in [-0.05, 0) is 13.0 Å². The van der Waals surface area contributed by atoms with Crippen LogP contribution in [0.5, 0.6) is 5.75 Å². The van der Waals surface area contributed by atoms with Gasteiger partial charge in [0.15, 0.2) is 0 Å². The van der Waals surface area contributed by atoms with Gasteiger partial charge in [0.1, 0.15) is 5.75 Å². The van der Waals surface area contributed by atoms with Crippen LogP contribution in [0.3, 0.4) is 0 Å². The lowest BCUT2D eigenvalue weighted by atomic mass is 9.94. The van der Waals surface area contributed by atoms with Crippen molar-refractivity contribution in [2.75, 3.05) is 6.61 Å². The smallest absolute Gasteiger partial charge is 0.315 e. The Morgan fingerprint density at radius 2 is 2.00 bits per heavy atom. The van der Waals surface area contributed by atoms with E-state index in [1.807, 2.05) is 31.2 Å². The summed E-state index contributed by atoms with van der Waals surface area (Å²) in [5.41, 5.74) is 1.54. The van der Waals surface area contributed by atoms with Crippen molar-refractivity contribution in [3.8, 4) is 5.75 Å². The standard InChI is InChI=1S/C18H19N3O4/c1-12(15-11-25-17-9-5-3-7-14(15)17)20-18(22)19-10-13-6-2-4-8-16(13)21(23)24/h2-9,12,15H,10-11H2,1H3,(H2,19,20,22)/t12-,15+/m1/s1. The molecule has 2 amide bonds. The molecule has 2 N–H and O–H groups in total. The molecule has 1 aliphatic heterocycles. The summed E-state index contributed by atoms with van der Waals surface area (Å²) in [6.45, 7) is 2.53. The number of amides is 2. The summed E-state index contributed by atoms with van der Waals surface area (Å²) in [4.78, 5) is 22.7. The second-order valence-electron chi connectivity index (χ2n) is 5.96. The van der Waals surface area contributed by atoms with Crippen molar-refractivity contribution in [2.24, 2.45) is 0 Å². The molecular weight excluding hydrogens is 322 g/mol. The Hall–Kier alpha value is -3.09. The minimum Gasteiger partial charge on any atom is -0.493 e. The number of nitro groups is 1. The minimum absolute atomic E-state index is 0.00558. The number of nitrogens with zero attached hydrogens (tertiary/aromatic N) is 1. The van der Waals surface area contributed by atoms with Crippen LogP contribution in [-0.4, -0.2) is 23.6 Å². The van der Waals surface area contributed by atoms with Crippen molar-refractivity contribution in [3.05, 3.63) is 69.8 Å². The number of urea groups is 1. The maximum atomic E-state index is 12.1. The van der Waals surface area contributed by atoms with Crippen molar-refractivity contribution >= 4 is 11.7 Å². The predicted molar refractivity (Wildman–Crippen MR) is 92.6 cm³/mol. The largest absolute Gasteiger partial charge is 0.493 e. The Bertz CT molecular complexity index is 793. The van der Waals surface area contributed by atoms with E-state index in [2.05, 4.69) is 10.6 Å². The quantitative estimate of drug-likeness (QED) is 0.646. The van der Waals surface area contributed by atoms with Gasteiger partial charge < -0.3 is 15.4 Å². The Morgan fingerprint density at radius 1 is 1.28 bits per heavy atom. The maximum Gasteiger partial charge on any atom is 0.315 e. The fourth-order valence-electron chi connectivity index (χ4n) is 2.97. The Morgan fingerprint density at radius 3 is 2.80 bits per heavy atom. The average Bonchev–Trinajstić information content (AvgIpc) is 3.04. The number of para-hydroxylation sites is 2. The Balaban J connectivity index is 1.58. The van der Waals surface area contributed by atoms with Crippen molar-refractivity contribution in [1.82, 2.24) is 10.6 Å². The number of carbonyl (C=O) groups excluding carboxylic acids is 1. The number of hydrogen-bond acceptors (Lipinski definition) is 4. The molecule has 130 valence electrons. The third-order valence-corrected chi connectivity index (χ3v) is 4.33. The van der Waals surface area contributed by atoms with Crippen LogP contribution < -0.4 is 15.4 Å². The summed E-state index contributed by atoms with van der Waals surface area (Å²) >= 11 is 0. The molecule has 3 rings (SSSR count). The first-order valence-corrected chi connectivity index (χ1v) is 8.04. The lowest BCUT2D eigenvalue weighted by Gasteiger charge is -2.20. The van der Waals surface area contributed by atoms with Gasteiger partial charge in [0.2, 0.25) is 0 Å². The van der Waals surface area contributed by atoms with Gasteiger partial charge in [-0.25, -0.2) is 4.79 Å². The Kier molecular flexibility index (Phi) is 4.83. The number of nitro benzene ring substituents is 1. The molecule has 1 heterocycles. The van der Waals surface area contributed by atoms with E-state index in [9.17, 15) is 14.9 Å². The summed E-state index contributed by atoms with van der Waals surface area (Å²) in [5, 5.41) is 16.6. The highest BCUT2D eigenvalue weighted by Gasteiger charge is 2.29. The third-order valence-electron chi connectivity index (χ3n) is 4.33. The van der Waals surface area contributed by atoms with Crippen LogP contribution in [0.4, 0.5) is 10.5 Å². The molecule has 2 aromatic rings. The summed E-state index contributed by atoms with van der Waals surface area (Å²) < 4.78 is 5.64. The number of nitrogens with one attached hydrogen (secondary N) is 2. The second-order valence-corrected chi connectivity index (χ2v) is 5.96. The zero-order valence-electron chi connectivity index (χ0n) is 13.8. The number of ether oxygens (including phenoxy) is 1. The number of fused-ring (bicyclic) bond motifs is 1. The fourth-order valence-corrected chi connectivity index (χ4v) is 2.97. The highest BCUT2D eigenvalue weighted by atomic mass is 16.6. The maximum absolute atomic E-state index is 12.1. The molecule has 0 radical (unpaired) electrons. The molecule has 25 heavy (non-hydrogen) atoms. The molecule has 0 aliphatic carbocycles. The molecule has 0 unspecified atom stereocenters. The molecular formula is C18H19N3O4.